The lowest BCUT2D eigenvalue weighted by Crippen LogP contribution is -2.14. The number of hydrogen-bond donors (Lipinski definition) is 2. The predicted octanol–water partition coefficient (Wildman–Crippen LogP) is 4.42. The van der Waals surface area contributed by atoms with Gasteiger partial charge in [0, 0.05) is 19.7 Å². The largest absolute Gasteiger partial charge is 0.387 e. The van der Waals surface area contributed by atoms with Gasteiger partial charge < -0.3 is 10.4 Å². The maximum absolute atomic E-state index is 10.3. The highest BCUT2D eigenvalue weighted by molar-refractivity contribution is 7.18. The van der Waals surface area contributed by atoms with E-state index in [1.54, 1.807) is 18.3 Å². The molecule has 0 saturated heterocycles. The lowest BCUT2D eigenvalue weighted by atomic mass is 10.1. The Morgan fingerprint density at radius 2 is 1.74 bits per heavy atom. The van der Waals surface area contributed by atoms with E-state index in [1.807, 2.05) is 54.6 Å². The van der Waals surface area contributed by atoms with Gasteiger partial charge in [-0.3, -0.25) is 0 Å². The molecular formula is C23H20N6OS. The Morgan fingerprint density at radius 3 is 2.45 bits per heavy atom. The third-order valence-corrected chi connectivity index (χ3v) is 5.40. The molecule has 0 saturated carbocycles. The number of hydrogen-bond acceptors (Lipinski definition) is 8. The number of aliphatic hydroxyl groups is 1. The van der Waals surface area contributed by atoms with Crippen LogP contribution in [0.25, 0.3) is 10.2 Å². The molecule has 2 N–H and O–H groups in total. The average Bonchev–Trinajstić information content (AvgIpc) is 3.23. The zero-order chi connectivity index (χ0) is 22.1. The number of nitriles is 2. The summed E-state index contributed by atoms with van der Waals surface area (Å²) in [5.74, 6) is -0.200. The molecular weight excluding hydrogens is 408 g/mol. The summed E-state index contributed by atoms with van der Waals surface area (Å²) in [6, 6.07) is 23.0. The molecule has 0 amide bonds. The maximum Gasteiger partial charge on any atom is 0.223 e. The lowest BCUT2D eigenvalue weighted by molar-refractivity contribution is 0.191. The van der Waals surface area contributed by atoms with Crippen LogP contribution < -0.4 is 5.32 Å². The molecule has 31 heavy (non-hydrogen) atoms. The Kier molecular flexibility index (Phi) is 7.61. The summed E-state index contributed by atoms with van der Waals surface area (Å²) in [4.78, 5) is 13.2. The Bertz CT molecular complexity index is 1180. The second-order valence-corrected chi connectivity index (χ2v) is 7.48. The minimum Gasteiger partial charge on any atom is -0.387 e. The van der Waals surface area contributed by atoms with Gasteiger partial charge in [0.2, 0.25) is 5.95 Å². The fourth-order valence-electron chi connectivity index (χ4n) is 2.86. The predicted molar refractivity (Wildman–Crippen MR) is 120 cm³/mol. The number of rotatable bonds is 6. The number of nitrogens with zero attached hydrogens (tertiary/aromatic N) is 5. The third-order valence-electron chi connectivity index (χ3n) is 4.30. The van der Waals surface area contributed by atoms with Crippen LogP contribution in [0.3, 0.4) is 0 Å². The summed E-state index contributed by atoms with van der Waals surface area (Å²) in [5, 5.41) is 31.1. The van der Waals surface area contributed by atoms with E-state index in [4.69, 9.17) is 5.26 Å². The SMILES string of the molecule is CC#N.N#CC(c1ccnc(NCC(O)c2ccccc2)n1)c1nc2ccccc2s1. The molecule has 0 aliphatic rings. The molecule has 7 nitrogen and oxygen atoms in total. The van der Waals surface area contributed by atoms with Gasteiger partial charge >= 0.3 is 0 Å². The summed E-state index contributed by atoms with van der Waals surface area (Å²) >= 11 is 1.49. The number of nitrogens with one attached hydrogen (secondary N) is 1. The molecule has 0 spiro atoms. The maximum atomic E-state index is 10.3. The van der Waals surface area contributed by atoms with Crippen molar-refractivity contribution in [3.05, 3.63) is 83.1 Å². The first-order valence-corrected chi connectivity index (χ1v) is 10.3. The van der Waals surface area contributed by atoms with Crippen molar-refractivity contribution in [2.75, 3.05) is 11.9 Å². The Balaban J connectivity index is 0.000000858. The highest BCUT2D eigenvalue weighted by atomic mass is 32.1. The summed E-state index contributed by atoms with van der Waals surface area (Å²) < 4.78 is 1.04. The molecule has 8 heteroatoms. The number of benzene rings is 2. The van der Waals surface area contributed by atoms with Crippen molar-refractivity contribution in [3.8, 4) is 12.1 Å². The second kappa shape index (κ2) is 10.8. The van der Waals surface area contributed by atoms with E-state index in [9.17, 15) is 10.4 Å². The zero-order valence-corrected chi connectivity index (χ0v) is 17.6. The quantitative estimate of drug-likeness (QED) is 0.467. The number of aromatic nitrogens is 3. The Morgan fingerprint density at radius 1 is 1.03 bits per heavy atom. The van der Waals surface area contributed by atoms with Gasteiger partial charge in [-0.05, 0) is 23.8 Å². The zero-order valence-electron chi connectivity index (χ0n) is 16.8. The molecule has 0 aliphatic heterocycles. The molecule has 0 radical (unpaired) electrons. The third kappa shape index (κ3) is 5.61. The van der Waals surface area contributed by atoms with E-state index in [-0.39, 0.29) is 6.54 Å². The van der Waals surface area contributed by atoms with Gasteiger partial charge in [-0.15, -0.1) is 11.3 Å². The van der Waals surface area contributed by atoms with Crippen molar-refractivity contribution < 1.29 is 5.11 Å². The molecule has 4 rings (SSSR count). The van der Waals surface area contributed by atoms with Crippen LogP contribution in [0, 0.1) is 22.7 Å². The molecule has 2 atom stereocenters. The number of thiazole rings is 1. The van der Waals surface area contributed by atoms with Crippen LogP contribution in [-0.4, -0.2) is 26.6 Å². The van der Waals surface area contributed by atoms with E-state index in [0.717, 1.165) is 15.8 Å². The van der Waals surface area contributed by atoms with E-state index in [1.165, 1.54) is 18.3 Å². The lowest BCUT2D eigenvalue weighted by Gasteiger charge is -2.13. The summed E-state index contributed by atoms with van der Waals surface area (Å²) in [6.07, 6.45) is 0.932. The molecule has 4 aromatic rings. The fraction of sp³-hybridized carbons (Fsp3) is 0.174. The van der Waals surface area contributed by atoms with Crippen molar-refractivity contribution >= 4 is 27.5 Å². The first-order valence-electron chi connectivity index (χ1n) is 9.52. The van der Waals surface area contributed by atoms with Crippen LogP contribution in [0.4, 0.5) is 5.95 Å². The number of aliphatic hydroxyl groups excluding tert-OH is 1. The monoisotopic (exact) mass is 428 g/mol. The molecule has 2 heterocycles. The normalized spacial score (nSPS) is 12.0. The number of fused-ring (bicyclic) bond motifs is 1. The molecule has 0 fully saturated rings. The highest BCUT2D eigenvalue weighted by Crippen LogP contribution is 2.30. The van der Waals surface area contributed by atoms with Gasteiger partial charge in [-0.25, -0.2) is 15.0 Å². The van der Waals surface area contributed by atoms with Crippen LogP contribution in [0.2, 0.25) is 0 Å². The van der Waals surface area contributed by atoms with Gasteiger partial charge in [0.05, 0.1) is 34.2 Å². The molecule has 2 unspecified atom stereocenters. The van der Waals surface area contributed by atoms with E-state index in [0.29, 0.717) is 16.6 Å². The van der Waals surface area contributed by atoms with E-state index in [2.05, 4.69) is 26.3 Å². The van der Waals surface area contributed by atoms with Crippen LogP contribution in [-0.2, 0) is 0 Å². The fourth-order valence-corrected chi connectivity index (χ4v) is 3.89. The minimum absolute atomic E-state index is 0.270. The molecule has 0 bridgehead atoms. The molecule has 154 valence electrons. The summed E-state index contributed by atoms with van der Waals surface area (Å²) in [6.45, 7) is 1.70. The van der Waals surface area contributed by atoms with Gasteiger partial charge in [-0.1, -0.05) is 42.5 Å². The van der Waals surface area contributed by atoms with Crippen LogP contribution in [0.5, 0.6) is 0 Å². The van der Waals surface area contributed by atoms with Crippen LogP contribution >= 0.6 is 11.3 Å². The number of anilines is 1. The highest BCUT2D eigenvalue weighted by Gasteiger charge is 2.20. The van der Waals surface area contributed by atoms with Gasteiger partial charge in [-0.2, -0.15) is 10.5 Å². The standard InChI is InChI=1S/C21H17N5OS.C2H3N/c22-12-15(20-25-17-8-4-5-9-19(17)28-20)16-10-11-23-21(26-16)24-13-18(27)14-6-2-1-3-7-14;1-2-3/h1-11,15,18,27H,13H2,(H,23,24,26);1H3. The first-order chi connectivity index (χ1) is 15.2. The first kappa shape index (κ1) is 21.8. The van der Waals surface area contributed by atoms with E-state index < -0.39 is 12.0 Å². The molecule has 2 aromatic heterocycles. The number of para-hydroxylation sites is 1. The van der Waals surface area contributed by atoms with E-state index >= 15 is 0 Å². The van der Waals surface area contributed by atoms with Crippen LogP contribution in [0.15, 0.2) is 66.9 Å². The average molecular weight is 429 g/mol. The van der Waals surface area contributed by atoms with Crippen molar-refractivity contribution in [1.82, 2.24) is 15.0 Å². The van der Waals surface area contributed by atoms with Crippen molar-refractivity contribution in [2.24, 2.45) is 0 Å². The topological polar surface area (TPSA) is 119 Å². The van der Waals surface area contributed by atoms with Crippen molar-refractivity contribution in [3.63, 3.8) is 0 Å². The summed E-state index contributed by atoms with van der Waals surface area (Å²) in [7, 11) is 0. The molecule has 2 aromatic carbocycles. The Hall–Kier alpha value is -3.85. The van der Waals surface area contributed by atoms with Crippen molar-refractivity contribution in [1.29, 1.82) is 10.5 Å². The second-order valence-electron chi connectivity index (χ2n) is 6.42. The van der Waals surface area contributed by atoms with Gasteiger partial charge in [0.1, 0.15) is 10.9 Å². The smallest absolute Gasteiger partial charge is 0.223 e. The van der Waals surface area contributed by atoms with Gasteiger partial charge in [0.25, 0.3) is 0 Å². The minimum atomic E-state index is -0.676. The molecule has 0 aliphatic carbocycles. The van der Waals surface area contributed by atoms with Crippen LogP contribution in [0.1, 0.15) is 35.2 Å². The van der Waals surface area contributed by atoms with Gasteiger partial charge in [0.15, 0.2) is 0 Å². The Labute approximate surface area is 184 Å². The van der Waals surface area contributed by atoms with Crippen molar-refractivity contribution in [2.45, 2.75) is 18.9 Å². The summed E-state index contributed by atoms with van der Waals surface area (Å²) in [5.41, 5.74) is 2.27.